The summed E-state index contributed by atoms with van der Waals surface area (Å²) >= 11 is 0. The van der Waals surface area contributed by atoms with E-state index in [1.165, 1.54) is 44.9 Å². The summed E-state index contributed by atoms with van der Waals surface area (Å²) in [5, 5.41) is 0. The van der Waals surface area contributed by atoms with Crippen molar-refractivity contribution in [2.45, 2.75) is 116 Å². The Kier molecular flexibility index (Phi) is 24.3. The minimum atomic E-state index is -0.510. The molecule has 0 aromatic rings. The molecule has 0 aromatic heterocycles. The van der Waals surface area contributed by atoms with Crippen LogP contribution in [0.2, 0.25) is 0 Å². The Bertz CT molecular complexity index is 507. The van der Waals surface area contributed by atoms with Gasteiger partial charge in [0.05, 0.1) is 19.7 Å². The average Bonchev–Trinajstić information content (AvgIpc) is 2.71. The van der Waals surface area contributed by atoms with E-state index in [0.29, 0.717) is 20.5 Å². The summed E-state index contributed by atoms with van der Waals surface area (Å²) in [4.78, 5) is 0. The van der Waals surface area contributed by atoms with E-state index in [4.69, 9.17) is 9.05 Å². The standard InChI is InChI=1S/C23H45O2P5/c1-4-6-8-14-17-21(3)23(24-29-26)20-16-12-10-9-11-15-19-22(25-30(27)28)18-13-7-5-2/h21-23,29H,4-6,8,10,12,14-20,26-28H2,1-3H3. The molecule has 0 N–H and O–H groups in total. The molecular weight excluding hydrogens is 463 g/mol. The van der Waals surface area contributed by atoms with Gasteiger partial charge in [0.1, 0.15) is 0 Å². The number of rotatable bonds is 17. The molecule has 0 aliphatic rings. The van der Waals surface area contributed by atoms with Crippen LogP contribution in [0.1, 0.15) is 104 Å². The van der Waals surface area contributed by atoms with Gasteiger partial charge in [-0.2, -0.15) is 0 Å². The third kappa shape index (κ3) is 19.8. The predicted octanol–water partition coefficient (Wildman–Crippen LogP) is 8.87. The second kappa shape index (κ2) is 23.4. The predicted molar refractivity (Wildman–Crippen MR) is 150 cm³/mol. The van der Waals surface area contributed by atoms with Gasteiger partial charge in [-0.3, -0.25) is 0 Å². The van der Waals surface area contributed by atoms with Gasteiger partial charge in [-0.15, -0.1) is 23.7 Å². The van der Waals surface area contributed by atoms with Crippen molar-refractivity contribution in [2.75, 3.05) is 0 Å². The van der Waals surface area contributed by atoms with Crippen LogP contribution < -0.4 is 0 Å². The van der Waals surface area contributed by atoms with Crippen molar-refractivity contribution >= 4 is 42.8 Å². The lowest BCUT2D eigenvalue weighted by molar-refractivity contribution is 0.147. The molecule has 0 aliphatic carbocycles. The molecule has 30 heavy (non-hydrogen) atoms. The van der Waals surface area contributed by atoms with Gasteiger partial charge < -0.3 is 9.05 Å². The highest BCUT2D eigenvalue weighted by Crippen LogP contribution is 2.55. The van der Waals surface area contributed by atoms with E-state index in [-0.39, 0.29) is 6.10 Å². The van der Waals surface area contributed by atoms with E-state index >= 15 is 0 Å². The molecule has 0 radical (unpaired) electrons. The summed E-state index contributed by atoms with van der Waals surface area (Å²) in [6.07, 6.45) is 15.4. The van der Waals surface area contributed by atoms with Crippen LogP contribution in [0.25, 0.3) is 0 Å². The fourth-order valence-electron chi connectivity index (χ4n) is 3.27. The zero-order chi connectivity index (χ0) is 22.5. The Morgan fingerprint density at radius 1 is 0.867 bits per heavy atom. The van der Waals surface area contributed by atoms with Crippen molar-refractivity contribution in [1.29, 1.82) is 0 Å². The summed E-state index contributed by atoms with van der Waals surface area (Å²) < 4.78 is 12.0. The maximum Gasteiger partial charge on any atom is 0.0744 e. The Morgan fingerprint density at radius 2 is 1.60 bits per heavy atom. The first kappa shape index (κ1) is 31.2. The first-order valence-electron chi connectivity index (χ1n) is 11.5. The average molecular weight is 508 g/mol. The van der Waals surface area contributed by atoms with Crippen molar-refractivity contribution in [1.82, 2.24) is 0 Å². The first-order chi connectivity index (χ1) is 14.5. The number of hydrogen-bond acceptors (Lipinski definition) is 2. The zero-order valence-corrected chi connectivity index (χ0v) is 24.8. The Morgan fingerprint density at radius 3 is 2.27 bits per heavy atom. The van der Waals surface area contributed by atoms with Crippen molar-refractivity contribution < 1.29 is 9.05 Å². The molecule has 0 aromatic carbocycles. The quantitative estimate of drug-likeness (QED) is 0.111. The van der Waals surface area contributed by atoms with Gasteiger partial charge in [0.2, 0.25) is 0 Å². The summed E-state index contributed by atoms with van der Waals surface area (Å²) in [6, 6.07) is 0. The highest BCUT2D eigenvalue weighted by molar-refractivity contribution is 8.41. The molecule has 0 spiro atoms. The van der Waals surface area contributed by atoms with Crippen LogP contribution in [-0.2, 0) is 9.05 Å². The van der Waals surface area contributed by atoms with Gasteiger partial charge in [-0.25, -0.2) is 0 Å². The van der Waals surface area contributed by atoms with Crippen LogP contribution in [0.5, 0.6) is 0 Å². The highest BCUT2D eigenvalue weighted by Gasteiger charge is 2.16. The van der Waals surface area contributed by atoms with E-state index in [9.17, 15) is 0 Å². The fraction of sp³-hybridized carbons (Fsp3) is 0.826. The maximum absolute atomic E-state index is 6.03. The summed E-state index contributed by atoms with van der Waals surface area (Å²) in [7, 11) is 8.20. The molecule has 0 aliphatic heterocycles. The van der Waals surface area contributed by atoms with Gasteiger partial charge in [-0.1, -0.05) is 73.2 Å². The maximum atomic E-state index is 6.03. The molecule has 174 valence electrons. The second-order valence-corrected chi connectivity index (χ2v) is 14.7. The summed E-state index contributed by atoms with van der Waals surface area (Å²) in [5.74, 6) is 13.7. The molecule has 0 saturated carbocycles. The van der Waals surface area contributed by atoms with Crippen LogP contribution in [0.15, 0.2) is 0 Å². The fourth-order valence-corrected chi connectivity index (χ4v) is 5.88. The van der Waals surface area contributed by atoms with Crippen molar-refractivity contribution in [3.8, 4) is 23.7 Å². The van der Waals surface area contributed by atoms with Crippen molar-refractivity contribution in [2.24, 2.45) is 5.92 Å². The third-order valence-corrected chi connectivity index (χ3v) is 7.15. The van der Waals surface area contributed by atoms with Crippen LogP contribution in [0.3, 0.4) is 0 Å². The third-order valence-electron chi connectivity index (χ3n) is 5.03. The Hall–Kier alpha value is 1.19. The topological polar surface area (TPSA) is 18.5 Å². The van der Waals surface area contributed by atoms with Gasteiger partial charge >= 0.3 is 0 Å². The van der Waals surface area contributed by atoms with Crippen LogP contribution in [0.4, 0.5) is 0 Å². The Labute approximate surface area is 197 Å². The SMILES string of the molecule is CCC#CCC(CCC#CCCCCC(OPP)C(C)CCCCCC)OP(P)P. The molecular formula is C23H45O2P5. The number of hydrogen-bond donors (Lipinski definition) is 0. The Balaban J connectivity index is 4.08. The summed E-state index contributed by atoms with van der Waals surface area (Å²) in [6.45, 7) is 6.71. The molecule has 0 rings (SSSR count). The van der Waals surface area contributed by atoms with Gasteiger partial charge in [0.15, 0.2) is 0 Å². The summed E-state index contributed by atoms with van der Waals surface area (Å²) in [5.41, 5.74) is 0. The molecule has 0 saturated heterocycles. The first-order valence-corrected chi connectivity index (χ1v) is 18.7. The van der Waals surface area contributed by atoms with Gasteiger partial charge in [0.25, 0.3) is 0 Å². The molecule has 0 fully saturated rings. The van der Waals surface area contributed by atoms with Crippen LogP contribution >= 0.6 is 42.8 Å². The van der Waals surface area contributed by atoms with E-state index in [1.54, 1.807) is 0 Å². The largest absolute Gasteiger partial charge is 0.355 e. The molecule has 7 unspecified atom stereocenters. The normalized spacial score (nSPS) is 14.2. The van der Waals surface area contributed by atoms with Crippen LogP contribution in [-0.4, -0.2) is 12.2 Å². The second-order valence-electron chi connectivity index (χ2n) is 7.74. The van der Waals surface area contributed by atoms with Gasteiger partial charge in [0, 0.05) is 34.2 Å². The lowest BCUT2D eigenvalue weighted by Gasteiger charge is -2.23. The molecule has 7 heteroatoms. The molecule has 7 atom stereocenters. The molecule has 0 amide bonds. The van der Waals surface area contributed by atoms with E-state index < -0.39 is 7.53 Å². The lowest BCUT2D eigenvalue weighted by atomic mass is 9.93. The monoisotopic (exact) mass is 508 g/mol. The van der Waals surface area contributed by atoms with E-state index in [2.05, 4.69) is 71.2 Å². The van der Waals surface area contributed by atoms with Crippen molar-refractivity contribution in [3.63, 3.8) is 0 Å². The molecule has 0 heterocycles. The van der Waals surface area contributed by atoms with Gasteiger partial charge in [-0.05, 0) is 38.0 Å². The van der Waals surface area contributed by atoms with E-state index in [1.807, 2.05) is 0 Å². The lowest BCUT2D eigenvalue weighted by Crippen LogP contribution is -2.18. The molecule has 0 bridgehead atoms. The number of unbranched alkanes of at least 4 members (excludes halogenated alkanes) is 5. The van der Waals surface area contributed by atoms with E-state index in [0.717, 1.165) is 38.5 Å². The van der Waals surface area contributed by atoms with Crippen molar-refractivity contribution in [3.05, 3.63) is 0 Å². The highest BCUT2D eigenvalue weighted by atomic mass is 32.4. The van der Waals surface area contributed by atoms with Crippen LogP contribution in [0, 0.1) is 29.6 Å². The minimum absolute atomic E-state index is 0.198. The molecule has 2 nitrogen and oxygen atoms in total. The smallest absolute Gasteiger partial charge is 0.0744 e. The zero-order valence-electron chi connectivity index (χ0n) is 19.4. The minimum Gasteiger partial charge on any atom is -0.355 e.